The zero-order chi connectivity index (χ0) is 20.4. The molecule has 5 N–H and O–H groups in total. The minimum Gasteiger partial charge on any atom is -0.477 e. The number of pyridine rings is 1. The summed E-state index contributed by atoms with van der Waals surface area (Å²) in [5.41, 5.74) is 11.2. The van der Waals surface area contributed by atoms with Crippen LogP contribution in [0, 0.1) is 5.82 Å². The van der Waals surface area contributed by atoms with Crippen LogP contribution in [0.15, 0.2) is 35.3 Å². The Morgan fingerprint density at radius 2 is 2.07 bits per heavy atom. The first-order chi connectivity index (χ1) is 13.9. The molecule has 148 valence electrons. The van der Waals surface area contributed by atoms with Crippen LogP contribution in [0.25, 0.3) is 16.6 Å². The van der Waals surface area contributed by atoms with E-state index in [0.29, 0.717) is 30.9 Å². The molecule has 0 spiro atoms. The molecule has 0 amide bonds. The average Bonchev–Trinajstić information content (AvgIpc) is 3.12. The lowest BCUT2D eigenvalue weighted by Crippen LogP contribution is -2.29. The second-order valence-corrected chi connectivity index (χ2v) is 7.24. The third-order valence-electron chi connectivity index (χ3n) is 5.46. The number of carboxylic acids is 1. The average molecular weight is 396 g/mol. The molecular formula is C20H17FN4O4. The molecule has 8 nitrogen and oxygen atoms in total. The lowest BCUT2D eigenvalue weighted by molar-refractivity contribution is 0.0695. The molecule has 1 unspecified atom stereocenters. The lowest BCUT2D eigenvalue weighted by Gasteiger charge is -2.29. The van der Waals surface area contributed by atoms with Crippen LogP contribution in [0.4, 0.5) is 15.8 Å². The Bertz CT molecular complexity index is 1270. The van der Waals surface area contributed by atoms with Gasteiger partial charge in [0.2, 0.25) is 5.43 Å². The largest absolute Gasteiger partial charge is 0.477 e. The summed E-state index contributed by atoms with van der Waals surface area (Å²) in [5.74, 6) is -1.68. The molecule has 3 aromatic rings. The maximum atomic E-state index is 15.4. The smallest absolute Gasteiger partial charge is 0.341 e. The molecule has 2 aliphatic rings. The summed E-state index contributed by atoms with van der Waals surface area (Å²) < 4.78 is 23.0. The molecule has 1 aromatic heterocycles. The fraction of sp³-hybridized carbons (Fsp3) is 0.200. The molecule has 29 heavy (non-hydrogen) atoms. The number of carboxylic acid groups (broad SMARTS) is 1. The first-order valence-electron chi connectivity index (χ1n) is 9.10. The first-order valence-corrected chi connectivity index (χ1v) is 9.10. The zero-order valence-electron chi connectivity index (χ0n) is 15.2. The predicted octanol–water partition coefficient (Wildman–Crippen LogP) is 2.05. The molecule has 5 rings (SSSR count). The monoisotopic (exact) mass is 396 g/mol. The highest BCUT2D eigenvalue weighted by atomic mass is 19.1. The number of ether oxygens (including phenoxy) is 1. The number of nitrogens with zero attached hydrogens (tertiary/aromatic N) is 2. The minimum absolute atomic E-state index is 0.119. The number of nitrogens with two attached hydrogens (primary N) is 2. The van der Waals surface area contributed by atoms with Crippen LogP contribution in [0.5, 0.6) is 11.5 Å². The highest BCUT2D eigenvalue weighted by Gasteiger charge is 2.34. The van der Waals surface area contributed by atoms with Crippen LogP contribution in [-0.2, 0) is 0 Å². The van der Waals surface area contributed by atoms with Crippen LogP contribution in [0.3, 0.4) is 0 Å². The number of aromatic carboxylic acids is 1. The Balaban J connectivity index is 1.96. The summed E-state index contributed by atoms with van der Waals surface area (Å²) in [6, 6.07) is 6.80. The van der Waals surface area contributed by atoms with Crippen LogP contribution in [0.1, 0.15) is 16.8 Å². The number of hydrogen-bond donors (Lipinski definition) is 3. The van der Waals surface area contributed by atoms with Gasteiger partial charge >= 0.3 is 5.97 Å². The Hall–Kier alpha value is -3.59. The summed E-state index contributed by atoms with van der Waals surface area (Å²) in [4.78, 5) is 26.3. The van der Waals surface area contributed by atoms with Crippen LogP contribution in [0.2, 0.25) is 0 Å². The van der Waals surface area contributed by atoms with E-state index in [1.165, 1.54) is 10.8 Å². The van der Waals surface area contributed by atoms with Crippen LogP contribution in [-0.4, -0.2) is 34.8 Å². The van der Waals surface area contributed by atoms with Crippen molar-refractivity contribution >= 4 is 28.2 Å². The highest BCUT2D eigenvalue weighted by Crippen LogP contribution is 2.49. The number of para-hydroxylation sites is 2. The van der Waals surface area contributed by atoms with Gasteiger partial charge in [0.1, 0.15) is 16.8 Å². The van der Waals surface area contributed by atoms with Crippen molar-refractivity contribution in [3.05, 3.63) is 52.1 Å². The molecule has 0 radical (unpaired) electrons. The van der Waals surface area contributed by atoms with Crippen molar-refractivity contribution in [3.8, 4) is 17.2 Å². The van der Waals surface area contributed by atoms with Crippen molar-refractivity contribution in [2.45, 2.75) is 12.5 Å². The first kappa shape index (κ1) is 17.5. The number of halogens is 1. The van der Waals surface area contributed by atoms with Gasteiger partial charge in [-0.05, 0) is 18.6 Å². The second-order valence-electron chi connectivity index (χ2n) is 7.24. The summed E-state index contributed by atoms with van der Waals surface area (Å²) in [6.07, 6.45) is 1.91. The van der Waals surface area contributed by atoms with Crippen molar-refractivity contribution in [1.82, 2.24) is 4.57 Å². The standard InChI is InChI=1S/C20H17FN4O4/c21-14-15(23)13-16-19(17(14)24-6-5-9(22)7-24)29-12-4-2-1-3-11(12)25(16)8-10(18(13)26)20(27)28/h1-4,8-9H,5-7,22-23H2,(H,27,28). The van der Waals surface area contributed by atoms with E-state index in [0.717, 1.165) is 0 Å². The highest BCUT2D eigenvalue weighted by molar-refractivity contribution is 6.05. The topological polar surface area (TPSA) is 124 Å². The van der Waals surface area contributed by atoms with Gasteiger partial charge in [-0.1, -0.05) is 12.1 Å². The van der Waals surface area contributed by atoms with E-state index in [1.54, 1.807) is 29.2 Å². The maximum absolute atomic E-state index is 15.4. The van der Waals surface area contributed by atoms with Gasteiger partial charge in [0.25, 0.3) is 0 Å². The molecule has 9 heteroatoms. The summed E-state index contributed by atoms with van der Waals surface area (Å²) in [7, 11) is 0. The molecule has 1 saturated heterocycles. The molecule has 2 aromatic carbocycles. The summed E-state index contributed by atoms with van der Waals surface area (Å²) in [6.45, 7) is 0.926. The summed E-state index contributed by atoms with van der Waals surface area (Å²) in [5, 5.41) is 9.29. The number of nitrogen functional groups attached to an aromatic ring is 1. The third kappa shape index (κ3) is 2.34. The Kier molecular flexibility index (Phi) is 3.59. The van der Waals surface area contributed by atoms with Crippen molar-refractivity contribution < 1.29 is 19.0 Å². The van der Waals surface area contributed by atoms with E-state index < -0.39 is 28.5 Å². The quantitative estimate of drug-likeness (QED) is 0.443. The van der Waals surface area contributed by atoms with E-state index in [1.807, 2.05) is 0 Å². The van der Waals surface area contributed by atoms with Gasteiger partial charge in [0, 0.05) is 25.3 Å². The minimum atomic E-state index is -1.42. The van der Waals surface area contributed by atoms with Gasteiger partial charge in [-0.15, -0.1) is 0 Å². The van der Waals surface area contributed by atoms with E-state index in [-0.39, 0.29) is 28.4 Å². The maximum Gasteiger partial charge on any atom is 0.341 e. The molecule has 0 aliphatic carbocycles. The number of hydrogen-bond acceptors (Lipinski definition) is 6. The lowest BCUT2D eigenvalue weighted by atomic mass is 10.0. The molecule has 3 heterocycles. The van der Waals surface area contributed by atoms with Gasteiger partial charge in [0.05, 0.1) is 16.8 Å². The van der Waals surface area contributed by atoms with Crippen LogP contribution >= 0.6 is 0 Å². The number of fused-ring (bicyclic) bond motifs is 2. The van der Waals surface area contributed by atoms with Gasteiger partial charge in [-0.25, -0.2) is 9.18 Å². The number of rotatable bonds is 2. The number of benzene rings is 2. The Labute approximate surface area is 163 Å². The number of aromatic nitrogens is 1. The predicted molar refractivity (Wildman–Crippen MR) is 106 cm³/mol. The van der Waals surface area contributed by atoms with E-state index in [9.17, 15) is 14.7 Å². The van der Waals surface area contributed by atoms with Crippen molar-refractivity contribution in [2.24, 2.45) is 5.73 Å². The van der Waals surface area contributed by atoms with Gasteiger partial charge in [-0.3, -0.25) is 4.79 Å². The van der Waals surface area contributed by atoms with E-state index in [4.69, 9.17) is 16.2 Å². The fourth-order valence-electron chi connectivity index (χ4n) is 4.10. The molecule has 1 atom stereocenters. The van der Waals surface area contributed by atoms with Gasteiger partial charge in [0.15, 0.2) is 17.3 Å². The van der Waals surface area contributed by atoms with Crippen molar-refractivity contribution in [1.29, 1.82) is 0 Å². The SMILES string of the molecule is Nc1c(F)c(N2CCC(N)C2)c2c3c1c(=O)c(C(=O)O)cn3-c1ccccc1O2. The van der Waals surface area contributed by atoms with Crippen molar-refractivity contribution in [3.63, 3.8) is 0 Å². The number of anilines is 2. The second kappa shape index (κ2) is 5.95. The molecule has 0 bridgehead atoms. The summed E-state index contributed by atoms with van der Waals surface area (Å²) >= 11 is 0. The van der Waals surface area contributed by atoms with Gasteiger partial charge < -0.3 is 30.8 Å². The van der Waals surface area contributed by atoms with Crippen LogP contribution < -0.4 is 26.5 Å². The molecular weight excluding hydrogens is 379 g/mol. The fourth-order valence-corrected chi connectivity index (χ4v) is 4.10. The molecule has 1 fully saturated rings. The Morgan fingerprint density at radius 3 is 2.76 bits per heavy atom. The van der Waals surface area contributed by atoms with Crippen molar-refractivity contribution in [2.75, 3.05) is 23.7 Å². The normalized spacial score (nSPS) is 17.3. The molecule has 0 saturated carbocycles. The molecule has 2 aliphatic heterocycles. The van der Waals surface area contributed by atoms with E-state index >= 15 is 4.39 Å². The Morgan fingerprint density at radius 1 is 1.31 bits per heavy atom. The third-order valence-corrected chi connectivity index (χ3v) is 5.46. The zero-order valence-corrected chi connectivity index (χ0v) is 15.2. The van der Waals surface area contributed by atoms with Gasteiger partial charge in [-0.2, -0.15) is 0 Å². The number of carbonyl (C=O) groups is 1. The van der Waals surface area contributed by atoms with E-state index in [2.05, 4.69) is 0 Å².